The average molecular weight is 670 g/mol. The van der Waals surface area contributed by atoms with Crippen LogP contribution in [0.15, 0.2) is 163 Å². The highest BCUT2D eigenvalue weighted by atomic mass is 16.5. The second-order valence-corrected chi connectivity index (χ2v) is 11.8. The van der Waals surface area contributed by atoms with Crippen LogP contribution in [0.5, 0.6) is 11.5 Å². The molecule has 0 saturated heterocycles. The van der Waals surface area contributed by atoms with E-state index in [0.717, 1.165) is 85.8 Å². The van der Waals surface area contributed by atoms with Gasteiger partial charge in [-0.3, -0.25) is 0 Å². The van der Waals surface area contributed by atoms with E-state index in [2.05, 4.69) is 143 Å². The van der Waals surface area contributed by atoms with Crippen LogP contribution in [0.1, 0.15) is 23.7 Å². The first-order chi connectivity index (χ1) is 25.0. The molecule has 3 aromatic heterocycles. The normalized spacial score (nSPS) is 12.7. The van der Waals surface area contributed by atoms with Crippen LogP contribution in [0, 0.1) is 0 Å². The van der Waals surface area contributed by atoms with Gasteiger partial charge in [-0.25, -0.2) is 4.99 Å². The molecule has 4 heterocycles. The highest BCUT2D eigenvalue weighted by Gasteiger charge is 2.38. The van der Waals surface area contributed by atoms with Gasteiger partial charge in [-0.15, -0.1) is 0 Å². The van der Waals surface area contributed by atoms with Crippen molar-refractivity contribution in [1.29, 1.82) is 0 Å². The third-order valence-electron chi connectivity index (χ3n) is 8.71. The first-order valence-electron chi connectivity index (χ1n) is 16.5. The lowest BCUT2D eigenvalue weighted by Crippen LogP contribution is -2.34. The van der Waals surface area contributed by atoms with Crippen LogP contribution in [-0.2, 0) is 4.79 Å². The molecule has 250 valence electrons. The monoisotopic (exact) mass is 669 g/mol. The number of aliphatic imine (C=N–C) groups is 1. The standard InChI is InChI=1S/C42H32N3O2.C2H4O2/c1-46-33-23-19-31(20-24-33)41-37(29-13-5-3-6-14-29)39(35-17-9-11-27-44(35)41)43-40-36-18-10-12-28-45(36)42(32-21-25-34(47-2)26-22-32)38(40)30-15-7-4-8-16-30;1-2(3)4/h3-28H,1-2H3;1H3,(H,3,4)/q+1;/p-1. The maximum Gasteiger partial charge on any atom is 0.237 e. The van der Waals surface area contributed by atoms with Gasteiger partial charge in [0.05, 0.1) is 36.7 Å². The van der Waals surface area contributed by atoms with Crippen LogP contribution in [0.25, 0.3) is 39.2 Å². The molecule has 0 bridgehead atoms. The number of fused-ring (bicyclic) bond motifs is 2. The van der Waals surface area contributed by atoms with Crippen molar-refractivity contribution in [3.8, 4) is 33.9 Å². The van der Waals surface area contributed by atoms with Gasteiger partial charge in [0.2, 0.25) is 11.4 Å². The number of carbonyl (C=O) groups excluding carboxylic acids is 1. The highest BCUT2D eigenvalue weighted by Crippen LogP contribution is 2.46. The van der Waals surface area contributed by atoms with Crippen molar-refractivity contribution in [2.75, 3.05) is 14.2 Å². The van der Waals surface area contributed by atoms with Gasteiger partial charge in [0, 0.05) is 35.4 Å². The minimum absolute atomic E-state index is 0.819. The molecule has 0 saturated carbocycles. The van der Waals surface area contributed by atoms with E-state index in [0.29, 0.717) is 0 Å². The third kappa shape index (κ3) is 6.40. The molecular weight excluding hydrogens is 635 g/mol. The molecule has 8 rings (SSSR count). The van der Waals surface area contributed by atoms with Crippen LogP contribution in [-0.4, -0.2) is 30.3 Å². The maximum absolute atomic E-state index is 8.89. The first-order valence-corrected chi connectivity index (χ1v) is 16.5. The number of aliphatic carboxylic acids is 1. The van der Waals surface area contributed by atoms with Crippen LogP contribution >= 0.6 is 0 Å². The molecule has 0 fully saturated rings. The molecule has 0 N–H and O–H groups in total. The Morgan fingerprint density at radius 1 is 0.647 bits per heavy atom. The molecule has 0 radical (unpaired) electrons. The van der Waals surface area contributed by atoms with Crippen LogP contribution in [0.4, 0.5) is 5.69 Å². The fourth-order valence-corrected chi connectivity index (χ4v) is 6.54. The summed E-state index contributed by atoms with van der Waals surface area (Å²) >= 11 is 0. The van der Waals surface area contributed by atoms with Gasteiger partial charge in [-0.1, -0.05) is 66.7 Å². The number of carboxylic acid groups (broad SMARTS) is 1. The molecule has 51 heavy (non-hydrogen) atoms. The number of rotatable bonds is 7. The summed E-state index contributed by atoms with van der Waals surface area (Å²) in [6, 6.07) is 50.3. The van der Waals surface area contributed by atoms with Crippen molar-refractivity contribution in [2.45, 2.75) is 6.92 Å². The van der Waals surface area contributed by atoms with Crippen molar-refractivity contribution in [1.82, 2.24) is 4.40 Å². The van der Waals surface area contributed by atoms with Crippen LogP contribution in [0.3, 0.4) is 0 Å². The van der Waals surface area contributed by atoms with Gasteiger partial charge < -0.3 is 23.8 Å². The zero-order chi connectivity index (χ0) is 35.3. The number of allylic oxidation sites excluding steroid dienone is 1. The molecule has 1 aliphatic rings. The maximum atomic E-state index is 8.89. The molecule has 7 aromatic rings. The highest BCUT2D eigenvalue weighted by molar-refractivity contribution is 6.38. The van der Waals surface area contributed by atoms with Crippen molar-refractivity contribution < 1.29 is 23.9 Å². The zero-order valence-corrected chi connectivity index (χ0v) is 28.5. The van der Waals surface area contributed by atoms with Crippen molar-refractivity contribution in [2.24, 2.45) is 4.99 Å². The number of hydrogen-bond donors (Lipinski definition) is 0. The Kier molecular flexibility index (Phi) is 9.26. The Labute approximate surface area is 296 Å². The summed E-state index contributed by atoms with van der Waals surface area (Å²) in [4.78, 5) is 14.6. The number of methoxy groups -OCH3 is 2. The number of aromatic nitrogens is 2. The summed E-state index contributed by atoms with van der Waals surface area (Å²) in [6.45, 7) is 0.972. The Morgan fingerprint density at radius 3 is 1.80 bits per heavy atom. The Morgan fingerprint density at radius 2 is 1.20 bits per heavy atom. The zero-order valence-electron chi connectivity index (χ0n) is 28.5. The molecule has 4 aromatic carbocycles. The lowest BCUT2D eigenvalue weighted by Gasteiger charge is -2.09. The number of ether oxygens (including phenoxy) is 2. The second kappa shape index (κ2) is 14.4. The lowest BCUT2D eigenvalue weighted by molar-refractivity contribution is -0.577. The summed E-state index contributed by atoms with van der Waals surface area (Å²) in [5, 5.41) is 8.89. The quantitative estimate of drug-likeness (QED) is 0.162. The van der Waals surface area contributed by atoms with E-state index in [1.807, 2.05) is 24.3 Å². The molecule has 0 atom stereocenters. The molecule has 1 aliphatic heterocycles. The van der Waals surface area contributed by atoms with Crippen molar-refractivity contribution in [3.05, 3.63) is 175 Å². The number of carbonyl (C=O) groups is 1. The number of benzene rings is 4. The number of nitrogens with zero attached hydrogens (tertiary/aromatic N) is 3. The summed E-state index contributed by atoms with van der Waals surface area (Å²) in [5.41, 5.74) is 12.5. The molecule has 7 nitrogen and oxygen atoms in total. The van der Waals surface area contributed by atoms with E-state index in [1.54, 1.807) is 14.2 Å². The Balaban J connectivity index is 0.000000966. The summed E-state index contributed by atoms with van der Waals surface area (Å²) in [5.74, 6) is 0.555. The number of carboxylic acids is 1. The van der Waals surface area contributed by atoms with Gasteiger partial charge in [-0.2, -0.15) is 4.57 Å². The van der Waals surface area contributed by atoms with E-state index in [4.69, 9.17) is 24.4 Å². The van der Waals surface area contributed by atoms with E-state index in [-0.39, 0.29) is 0 Å². The topological polar surface area (TPSA) is 79.2 Å². The second-order valence-electron chi connectivity index (χ2n) is 11.8. The number of pyridine rings is 2. The predicted molar refractivity (Wildman–Crippen MR) is 200 cm³/mol. The third-order valence-corrected chi connectivity index (χ3v) is 8.71. The smallest absolute Gasteiger partial charge is 0.237 e. The lowest BCUT2D eigenvalue weighted by atomic mass is 9.96. The van der Waals surface area contributed by atoms with Gasteiger partial charge >= 0.3 is 0 Å². The fraction of sp³-hybridized carbons (Fsp3) is 0.0682. The SMILES string of the molecule is CC(=O)[O-].COc1ccc(C2=C(c3ccccc3)C(=Nc3c(-c4ccccc4)c(-c4ccc(OC)cc4)n4ccccc34)c3cccc[n+]32)cc1. The van der Waals surface area contributed by atoms with E-state index < -0.39 is 5.97 Å². The summed E-state index contributed by atoms with van der Waals surface area (Å²) < 4.78 is 15.5. The molecule has 7 heteroatoms. The van der Waals surface area contributed by atoms with E-state index in [1.165, 1.54) is 0 Å². The molecular formula is C44H35N3O4. The van der Waals surface area contributed by atoms with Crippen molar-refractivity contribution >= 4 is 34.2 Å². The summed E-state index contributed by atoms with van der Waals surface area (Å²) in [6.07, 6.45) is 4.25. The molecule has 0 unspecified atom stereocenters. The van der Waals surface area contributed by atoms with Gasteiger partial charge in [-0.05, 0) is 90.3 Å². The van der Waals surface area contributed by atoms with Crippen molar-refractivity contribution in [3.63, 3.8) is 0 Å². The first kappa shape index (κ1) is 32.8. The minimum Gasteiger partial charge on any atom is -0.550 e. The Bertz CT molecular complexity index is 2390. The largest absolute Gasteiger partial charge is 0.550 e. The molecule has 0 aliphatic carbocycles. The predicted octanol–water partition coefficient (Wildman–Crippen LogP) is 7.89. The fourth-order valence-electron chi connectivity index (χ4n) is 6.54. The van der Waals surface area contributed by atoms with E-state index in [9.17, 15) is 0 Å². The van der Waals surface area contributed by atoms with Crippen LogP contribution in [0.2, 0.25) is 0 Å². The Hall–Kier alpha value is -6.73. The summed E-state index contributed by atoms with van der Waals surface area (Å²) in [7, 11) is 3.39. The van der Waals surface area contributed by atoms with E-state index >= 15 is 0 Å². The molecule has 0 amide bonds. The van der Waals surface area contributed by atoms with Crippen LogP contribution < -0.4 is 19.1 Å². The number of hydrogen-bond acceptors (Lipinski definition) is 5. The minimum atomic E-state index is -1.08. The average Bonchev–Trinajstić information content (AvgIpc) is 3.68. The molecule has 0 spiro atoms. The van der Waals surface area contributed by atoms with Gasteiger partial charge in [0.1, 0.15) is 11.5 Å². The van der Waals surface area contributed by atoms with Gasteiger partial charge in [0.15, 0.2) is 11.9 Å². The van der Waals surface area contributed by atoms with Gasteiger partial charge in [0.25, 0.3) is 0 Å².